The lowest BCUT2D eigenvalue weighted by Gasteiger charge is -2.13. The van der Waals surface area contributed by atoms with Crippen LogP contribution in [0.15, 0.2) is 11.0 Å². The molecule has 1 rings (SSSR count). The topological polar surface area (TPSA) is 22.0 Å². The van der Waals surface area contributed by atoms with Gasteiger partial charge in [-0.25, -0.2) is 0 Å². The van der Waals surface area contributed by atoms with E-state index in [1.54, 1.807) is 0 Å². The monoisotopic (exact) mass is 235 g/mol. The zero-order valence-corrected chi connectivity index (χ0v) is 10.1. The summed E-state index contributed by atoms with van der Waals surface area (Å²) in [5.41, 5.74) is -1.00. The zero-order valence-electron chi connectivity index (χ0n) is 10.1. The molecule has 1 heterocycles. The van der Waals surface area contributed by atoms with Crippen molar-refractivity contribution in [3.63, 3.8) is 0 Å². The summed E-state index contributed by atoms with van der Waals surface area (Å²) >= 11 is 0. The minimum absolute atomic E-state index is 0.000556. The molecule has 0 N–H and O–H groups in total. The van der Waals surface area contributed by atoms with E-state index in [-0.39, 0.29) is 11.1 Å². The van der Waals surface area contributed by atoms with Gasteiger partial charge in [0, 0.05) is 18.8 Å². The predicted molar refractivity (Wildman–Crippen MR) is 57.5 cm³/mol. The van der Waals surface area contributed by atoms with Crippen LogP contribution in [0.5, 0.6) is 0 Å². The summed E-state index contributed by atoms with van der Waals surface area (Å²) in [5.74, 6) is 0. The summed E-state index contributed by atoms with van der Waals surface area (Å²) in [6.45, 7) is 6.70. The summed E-state index contributed by atoms with van der Waals surface area (Å²) < 4.78 is 38.2. The maximum Gasteiger partial charge on any atom is 0.418 e. The molecule has 2 nitrogen and oxygen atoms in total. The van der Waals surface area contributed by atoms with E-state index in [0.29, 0.717) is 0 Å². The van der Waals surface area contributed by atoms with Gasteiger partial charge in [0.15, 0.2) is 0 Å². The van der Waals surface area contributed by atoms with Crippen LogP contribution in [0.4, 0.5) is 13.2 Å². The van der Waals surface area contributed by atoms with Gasteiger partial charge >= 0.3 is 6.18 Å². The van der Waals surface area contributed by atoms with Crippen LogP contribution >= 0.6 is 0 Å². The molecular weight excluding hydrogens is 219 g/mol. The number of hydrogen-bond acceptors (Lipinski definition) is 1. The fraction of sp³-hybridized carbons (Fsp3) is 0.545. The van der Waals surface area contributed by atoms with Crippen LogP contribution in [0, 0.1) is 13.8 Å². The summed E-state index contributed by atoms with van der Waals surface area (Å²) in [5, 5.41) is 0. The summed E-state index contributed by atoms with van der Waals surface area (Å²) in [7, 11) is 1.31. The van der Waals surface area contributed by atoms with Crippen molar-refractivity contribution >= 4 is 0 Å². The highest BCUT2D eigenvalue weighted by Crippen LogP contribution is 2.31. The number of halogens is 3. The average molecular weight is 235 g/mol. The van der Waals surface area contributed by atoms with E-state index in [9.17, 15) is 18.0 Å². The quantitative estimate of drug-likeness (QED) is 0.677. The van der Waals surface area contributed by atoms with Crippen molar-refractivity contribution in [2.45, 2.75) is 33.9 Å². The maximum absolute atomic E-state index is 12.4. The Morgan fingerprint density at radius 1 is 1.12 bits per heavy atom. The minimum Gasteiger partial charge on any atom is -0.318 e. The molecule has 0 aromatic carbocycles. The van der Waals surface area contributed by atoms with Gasteiger partial charge in [-0.1, -0.05) is 13.8 Å². The van der Waals surface area contributed by atoms with Crippen molar-refractivity contribution in [1.82, 2.24) is 4.57 Å². The first kappa shape index (κ1) is 14.7. The molecule has 0 atom stereocenters. The lowest BCUT2D eigenvalue weighted by Crippen LogP contribution is -2.24. The molecule has 0 unspecified atom stereocenters. The molecule has 0 aliphatic carbocycles. The van der Waals surface area contributed by atoms with Crippen molar-refractivity contribution in [2.75, 3.05) is 0 Å². The number of aryl methyl sites for hydroxylation is 1. The molecule has 0 fully saturated rings. The molecule has 0 saturated carbocycles. The van der Waals surface area contributed by atoms with Crippen LogP contribution in [-0.4, -0.2) is 4.57 Å². The Morgan fingerprint density at radius 3 is 1.94 bits per heavy atom. The van der Waals surface area contributed by atoms with Gasteiger partial charge in [0.05, 0.1) is 5.56 Å². The highest BCUT2D eigenvalue weighted by Gasteiger charge is 2.33. The minimum atomic E-state index is -4.40. The summed E-state index contributed by atoms with van der Waals surface area (Å²) in [6, 6.07) is 0. The van der Waals surface area contributed by atoms with Crippen LogP contribution < -0.4 is 5.56 Å². The lowest BCUT2D eigenvalue weighted by molar-refractivity contribution is -0.138. The first-order valence-corrected chi connectivity index (χ1v) is 4.99. The van der Waals surface area contributed by atoms with Crippen LogP contribution in [0.2, 0.25) is 0 Å². The Balaban J connectivity index is 0.00000106. The molecule has 0 aliphatic heterocycles. The van der Waals surface area contributed by atoms with Crippen LogP contribution in [0.25, 0.3) is 0 Å². The highest BCUT2D eigenvalue weighted by molar-refractivity contribution is 5.32. The fourth-order valence-corrected chi connectivity index (χ4v) is 1.26. The van der Waals surface area contributed by atoms with Gasteiger partial charge in [0.2, 0.25) is 0 Å². The van der Waals surface area contributed by atoms with Crippen molar-refractivity contribution in [3.8, 4) is 0 Å². The second kappa shape index (κ2) is 5.18. The van der Waals surface area contributed by atoms with Gasteiger partial charge < -0.3 is 4.57 Å². The van der Waals surface area contributed by atoms with Gasteiger partial charge in [-0.05, 0) is 19.4 Å². The number of rotatable bonds is 0. The molecule has 16 heavy (non-hydrogen) atoms. The lowest BCUT2D eigenvalue weighted by atomic mass is 10.1. The normalized spacial score (nSPS) is 10.8. The molecule has 0 amide bonds. The zero-order chi connectivity index (χ0) is 13.1. The number of nitrogens with zero attached hydrogens (tertiary/aromatic N) is 1. The van der Waals surface area contributed by atoms with Crippen molar-refractivity contribution in [1.29, 1.82) is 0 Å². The number of hydrogen-bond donors (Lipinski definition) is 0. The molecular formula is C11H16F3NO. The van der Waals surface area contributed by atoms with E-state index < -0.39 is 17.3 Å². The maximum atomic E-state index is 12.4. The van der Waals surface area contributed by atoms with Crippen molar-refractivity contribution in [2.24, 2.45) is 7.05 Å². The van der Waals surface area contributed by atoms with E-state index in [4.69, 9.17) is 0 Å². The first-order chi connectivity index (χ1) is 7.25. The second-order valence-corrected chi connectivity index (χ2v) is 3.21. The molecule has 0 spiro atoms. The van der Waals surface area contributed by atoms with E-state index in [2.05, 4.69) is 0 Å². The number of pyridine rings is 1. The smallest absolute Gasteiger partial charge is 0.318 e. The largest absolute Gasteiger partial charge is 0.418 e. The highest BCUT2D eigenvalue weighted by atomic mass is 19.4. The molecule has 1 aromatic heterocycles. The third kappa shape index (κ3) is 2.87. The van der Waals surface area contributed by atoms with Crippen LogP contribution in [0.1, 0.15) is 30.5 Å². The Hall–Kier alpha value is -1.26. The first-order valence-electron chi connectivity index (χ1n) is 4.99. The van der Waals surface area contributed by atoms with Gasteiger partial charge in [0.1, 0.15) is 0 Å². The summed E-state index contributed by atoms with van der Waals surface area (Å²) in [6.07, 6.45) is -3.58. The Labute approximate surface area is 92.7 Å². The van der Waals surface area contributed by atoms with Crippen molar-refractivity contribution < 1.29 is 13.2 Å². The van der Waals surface area contributed by atoms with Gasteiger partial charge in [-0.15, -0.1) is 0 Å². The molecule has 5 heteroatoms. The number of alkyl halides is 3. The van der Waals surface area contributed by atoms with Crippen LogP contribution in [-0.2, 0) is 13.2 Å². The summed E-state index contributed by atoms with van der Waals surface area (Å²) in [4.78, 5) is 11.3. The Morgan fingerprint density at radius 2 is 1.56 bits per heavy atom. The van der Waals surface area contributed by atoms with E-state index in [0.717, 1.165) is 10.8 Å². The SMILES string of the molecule is CC.Cc1c(C(F)(F)F)cn(C)c(=O)c1C. The molecule has 1 aromatic rings. The van der Waals surface area contributed by atoms with Gasteiger partial charge in [-0.3, -0.25) is 4.79 Å². The number of aromatic nitrogens is 1. The predicted octanol–water partition coefficient (Wildman–Crippen LogP) is 3.05. The standard InChI is InChI=1S/C9H10F3NO.C2H6/c1-5-6(2)8(14)13(3)4-7(5)9(10,11)12;1-2/h4H,1-3H3;1-2H3. The average Bonchev–Trinajstić information content (AvgIpc) is 2.21. The van der Waals surface area contributed by atoms with Gasteiger partial charge in [0.25, 0.3) is 5.56 Å². The second-order valence-electron chi connectivity index (χ2n) is 3.21. The molecule has 0 aliphatic rings. The molecule has 0 radical (unpaired) electrons. The van der Waals surface area contributed by atoms with E-state index in [1.807, 2.05) is 13.8 Å². The van der Waals surface area contributed by atoms with Crippen molar-refractivity contribution in [3.05, 3.63) is 33.2 Å². The van der Waals surface area contributed by atoms with E-state index >= 15 is 0 Å². The van der Waals surface area contributed by atoms with E-state index in [1.165, 1.54) is 20.9 Å². The van der Waals surface area contributed by atoms with Gasteiger partial charge in [-0.2, -0.15) is 13.2 Å². The Kier molecular flexibility index (Phi) is 4.78. The molecule has 0 bridgehead atoms. The third-order valence-electron chi connectivity index (χ3n) is 2.24. The third-order valence-corrected chi connectivity index (χ3v) is 2.24. The Bertz CT molecular complexity index is 418. The molecule has 0 saturated heterocycles. The van der Waals surface area contributed by atoms with Crippen LogP contribution in [0.3, 0.4) is 0 Å². The fourth-order valence-electron chi connectivity index (χ4n) is 1.26. The molecule has 92 valence electrons.